The Morgan fingerprint density at radius 2 is 2.22 bits per heavy atom. The Balaban J connectivity index is 2.33. The number of carbonyl (C=O) groups is 1. The van der Waals surface area contributed by atoms with Crippen LogP contribution in [-0.4, -0.2) is 35.8 Å². The minimum Gasteiger partial charge on any atom is -0.462 e. The van der Waals surface area contributed by atoms with Crippen LogP contribution in [0.5, 0.6) is 0 Å². The van der Waals surface area contributed by atoms with Crippen LogP contribution in [0.3, 0.4) is 0 Å². The minimum atomic E-state index is -0.348. The van der Waals surface area contributed by atoms with E-state index in [4.69, 9.17) is 9.84 Å². The Kier molecular flexibility index (Phi) is 6.79. The summed E-state index contributed by atoms with van der Waals surface area (Å²) in [7, 11) is 0. The summed E-state index contributed by atoms with van der Waals surface area (Å²) in [5.74, 6) is 0.395. The lowest BCUT2D eigenvalue weighted by Gasteiger charge is -2.06. The minimum absolute atomic E-state index is 0.243. The van der Waals surface area contributed by atoms with Crippen LogP contribution in [0.25, 0.3) is 0 Å². The molecule has 0 bridgehead atoms. The molecule has 5 heteroatoms. The lowest BCUT2D eigenvalue weighted by molar-refractivity contribution is 0.0526. The molecule has 0 unspecified atom stereocenters. The van der Waals surface area contributed by atoms with Gasteiger partial charge in [-0.25, -0.2) is 9.78 Å². The lowest BCUT2D eigenvalue weighted by atomic mass is 10.2. The number of carbonyl (C=O) groups excluding carboxylic acids is 1. The highest BCUT2D eigenvalue weighted by Crippen LogP contribution is 2.07. The van der Waals surface area contributed by atoms with Crippen molar-refractivity contribution in [2.45, 2.75) is 26.2 Å². The molecule has 0 spiro atoms. The quantitative estimate of drug-likeness (QED) is 0.545. The van der Waals surface area contributed by atoms with Gasteiger partial charge in [0.05, 0.1) is 12.2 Å². The third kappa shape index (κ3) is 5.14. The van der Waals surface area contributed by atoms with Gasteiger partial charge in [-0.15, -0.1) is 0 Å². The van der Waals surface area contributed by atoms with Crippen molar-refractivity contribution >= 4 is 11.8 Å². The SMILES string of the molecule is CCOC(=O)c1ccc(NCCCCCO)nc1. The number of pyridine rings is 1. The molecule has 0 atom stereocenters. The smallest absolute Gasteiger partial charge is 0.339 e. The van der Waals surface area contributed by atoms with Gasteiger partial charge in [-0.05, 0) is 38.3 Å². The van der Waals surface area contributed by atoms with Gasteiger partial charge in [0, 0.05) is 19.3 Å². The molecule has 1 aromatic rings. The summed E-state index contributed by atoms with van der Waals surface area (Å²) in [4.78, 5) is 15.5. The molecule has 1 rings (SSSR count). The number of nitrogens with zero attached hydrogens (tertiary/aromatic N) is 1. The van der Waals surface area contributed by atoms with E-state index in [0.717, 1.165) is 31.6 Å². The molecule has 2 N–H and O–H groups in total. The first-order chi connectivity index (χ1) is 8.77. The van der Waals surface area contributed by atoms with Crippen LogP contribution in [0, 0.1) is 0 Å². The Bertz CT molecular complexity index is 352. The number of nitrogens with one attached hydrogen (secondary N) is 1. The Morgan fingerprint density at radius 1 is 1.39 bits per heavy atom. The molecule has 18 heavy (non-hydrogen) atoms. The molecule has 0 aliphatic carbocycles. The van der Waals surface area contributed by atoms with Gasteiger partial charge in [0.25, 0.3) is 0 Å². The average Bonchev–Trinajstić information content (AvgIpc) is 2.39. The number of unbranched alkanes of at least 4 members (excludes halogenated alkanes) is 2. The summed E-state index contributed by atoms with van der Waals surface area (Å²) < 4.78 is 4.87. The number of hydrogen-bond acceptors (Lipinski definition) is 5. The van der Waals surface area contributed by atoms with Crippen LogP contribution in [-0.2, 0) is 4.74 Å². The largest absolute Gasteiger partial charge is 0.462 e. The number of esters is 1. The molecule has 0 aromatic carbocycles. The van der Waals surface area contributed by atoms with E-state index in [1.807, 2.05) is 0 Å². The topological polar surface area (TPSA) is 71.5 Å². The molecule has 0 aliphatic rings. The standard InChI is InChI=1S/C13H20N2O3/c1-2-18-13(17)11-6-7-12(15-10-11)14-8-4-3-5-9-16/h6-7,10,16H,2-5,8-9H2,1H3,(H,14,15). The number of ether oxygens (including phenoxy) is 1. The number of anilines is 1. The monoisotopic (exact) mass is 252 g/mol. The highest BCUT2D eigenvalue weighted by atomic mass is 16.5. The van der Waals surface area contributed by atoms with E-state index in [1.54, 1.807) is 19.1 Å². The molecule has 1 heterocycles. The molecule has 5 nitrogen and oxygen atoms in total. The zero-order valence-electron chi connectivity index (χ0n) is 10.7. The number of aromatic nitrogens is 1. The van der Waals surface area contributed by atoms with Crippen molar-refractivity contribution in [1.29, 1.82) is 0 Å². The first-order valence-corrected chi connectivity index (χ1v) is 6.25. The van der Waals surface area contributed by atoms with E-state index in [2.05, 4.69) is 10.3 Å². The molecule has 100 valence electrons. The summed E-state index contributed by atoms with van der Waals surface area (Å²) in [5.41, 5.74) is 0.461. The normalized spacial score (nSPS) is 10.1. The van der Waals surface area contributed by atoms with Crippen molar-refractivity contribution in [3.8, 4) is 0 Å². The van der Waals surface area contributed by atoms with E-state index in [9.17, 15) is 4.79 Å². The van der Waals surface area contributed by atoms with Crippen molar-refractivity contribution < 1.29 is 14.6 Å². The Hall–Kier alpha value is -1.62. The van der Waals surface area contributed by atoms with Crippen LogP contribution >= 0.6 is 0 Å². The van der Waals surface area contributed by atoms with Crippen LogP contribution in [0.1, 0.15) is 36.5 Å². The molecular weight excluding hydrogens is 232 g/mol. The predicted octanol–water partition coefficient (Wildman–Crippen LogP) is 1.83. The zero-order valence-corrected chi connectivity index (χ0v) is 10.7. The Morgan fingerprint density at radius 3 is 2.83 bits per heavy atom. The first-order valence-electron chi connectivity index (χ1n) is 6.25. The average molecular weight is 252 g/mol. The van der Waals surface area contributed by atoms with Crippen LogP contribution in [0.15, 0.2) is 18.3 Å². The van der Waals surface area contributed by atoms with Crippen molar-refractivity contribution in [2.24, 2.45) is 0 Å². The van der Waals surface area contributed by atoms with Gasteiger partial charge in [0.1, 0.15) is 5.82 Å². The maximum Gasteiger partial charge on any atom is 0.339 e. The molecule has 0 aliphatic heterocycles. The molecule has 1 aromatic heterocycles. The Labute approximate surface area is 107 Å². The maximum atomic E-state index is 11.4. The van der Waals surface area contributed by atoms with Crippen molar-refractivity contribution in [1.82, 2.24) is 4.98 Å². The van der Waals surface area contributed by atoms with Crippen LogP contribution in [0.4, 0.5) is 5.82 Å². The summed E-state index contributed by atoms with van der Waals surface area (Å²) >= 11 is 0. The third-order valence-corrected chi connectivity index (χ3v) is 2.42. The van der Waals surface area contributed by atoms with Crippen LogP contribution < -0.4 is 5.32 Å². The summed E-state index contributed by atoms with van der Waals surface area (Å²) in [6, 6.07) is 3.46. The van der Waals surface area contributed by atoms with Crippen molar-refractivity contribution in [3.63, 3.8) is 0 Å². The highest BCUT2D eigenvalue weighted by Gasteiger charge is 2.06. The molecule has 0 fully saturated rings. The fraction of sp³-hybridized carbons (Fsp3) is 0.538. The fourth-order valence-corrected chi connectivity index (χ4v) is 1.46. The third-order valence-electron chi connectivity index (χ3n) is 2.42. The van der Waals surface area contributed by atoms with E-state index in [-0.39, 0.29) is 12.6 Å². The number of hydrogen-bond donors (Lipinski definition) is 2. The predicted molar refractivity (Wildman–Crippen MR) is 69.6 cm³/mol. The summed E-state index contributed by atoms with van der Waals surface area (Å²) in [6.45, 7) is 3.19. The van der Waals surface area contributed by atoms with Gasteiger partial charge >= 0.3 is 5.97 Å². The van der Waals surface area contributed by atoms with Crippen molar-refractivity contribution in [2.75, 3.05) is 25.1 Å². The second kappa shape index (κ2) is 8.47. The van der Waals surface area contributed by atoms with E-state index in [1.165, 1.54) is 6.20 Å². The number of aliphatic hydroxyl groups is 1. The summed E-state index contributed by atoms with van der Waals surface area (Å²) in [5, 5.41) is 11.8. The van der Waals surface area contributed by atoms with E-state index >= 15 is 0 Å². The second-order valence-electron chi connectivity index (χ2n) is 3.86. The zero-order chi connectivity index (χ0) is 13.2. The fourth-order valence-electron chi connectivity index (χ4n) is 1.46. The van der Waals surface area contributed by atoms with Gasteiger partial charge in [0.15, 0.2) is 0 Å². The van der Waals surface area contributed by atoms with Crippen molar-refractivity contribution in [3.05, 3.63) is 23.9 Å². The van der Waals surface area contributed by atoms with E-state index in [0.29, 0.717) is 12.2 Å². The highest BCUT2D eigenvalue weighted by molar-refractivity contribution is 5.89. The van der Waals surface area contributed by atoms with Gasteiger partial charge in [-0.1, -0.05) is 0 Å². The molecule has 0 saturated heterocycles. The molecule has 0 radical (unpaired) electrons. The van der Waals surface area contributed by atoms with Gasteiger partial charge in [-0.3, -0.25) is 0 Å². The first kappa shape index (κ1) is 14.4. The molecular formula is C13H20N2O3. The number of rotatable bonds is 8. The summed E-state index contributed by atoms with van der Waals surface area (Å²) in [6.07, 6.45) is 4.32. The van der Waals surface area contributed by atoms with Gasteiger partial charge < -0.3 is 15.2 Å². The lowest BCUT2D eigenvalue weighted by Crippen LogP contribution is -2.07. The van der Waals surface area contributed by atoms with Gasteiger partial charge in [-0.2, -0.15) is 0 Å². The van der Waals surface area contributed by atoms with Gasteiger partial charge in [0.2, 0.25) is 0 Å². The molecule has 0 amide bonds. The van der Waals surface area contributed by atoms with Crippen LogP contribution in [0.2, 0.25) is 0 Å². The second-order valence-corrected chi connectivity index (χ2v) is 3.86. The molecule has 0 saturated carbocycles. The van der Waals surface area contributed by atoms with E-state index < -0.39 is 0 Å². The number of aliphatic hydroxyl groups excluding tert-OH is 1. The maximum absolute atomic E-state index is 11.4.